The number of nitrogens with zero attached hydrogens (tertiary/aromatic N) is 3. The molecule has 0 unspecified atom stereocenters. The number of hydrogen-bond donors (Lipinski definition) is 1. The number of ether oxygens (including phenoxy) is 2. The number of carbonyl (C=O) groups excluding carboxylic acids is 1. The van der Waals surface area contributed by atoms with Crippen molar-refractivity contribution in [3.05, 3.63) is 47.2 Å². The Morgan fingerprint density at radius 1 is 1.12 bits per heavy atom. The molecule has 2 aliphatic heterocycles. The van der Waals surface area contributed by atoms with Gasteiger partial charge in [-0.1, -0.05) is 11.6 Å². The van der Waals surface area contributed by atoms with Gasteiger partial charge in [0.05, 0.1) is 13.2 Å². The van der Waals surface area contributed by atoms with Crippen molar-refractivity contribution in [1.82, 2.24) is 9.97 Å². The molecule has 0 bridgehead atoms. The van der Waals surface area contributed by atoms with Gasteiger partial charge in [0.1, 0.15) is 5.69 Å². The Morgan fingerprint density at radius 2 is 1.81 bits per heavy atom. The van der Waals surface area contributed by atoms with Crippen LogP contribution in [0.5, 0.6) is 0 Å². The molecule has 1 amide bonds. The van der Waals surface area contributed by atoms with Gasteiger partial charge in [-0.25, -0.2) is 9.97 Å². The van der Waals surface area contributed by atoms with Crippen LogP contribution in [0, 0.1) is 0 Å². The first-order valence-electron chi connectivity index (χ1n) is 8.56. The molecule has 26 heavy (non-hydrogen) atoms. The maximum absolute atomic E-state index is 12.4. The third kappa shape index (κ3) is 3.65. The first-order valence-corrected chi connectivity index (χ1v) is 8.94. The van der Waals surface area contributed by atoms with Crippen LogP contribution >= 0.6 is 11.6 Å². The van der Waals surface area contributed by atoms with Crippen LogP contribution in [0.15, 0.2) is 36.5 Å². The summed E-state index contributed by atoms with van der Waals surface area (Å²) in [7, 11) is 0. The second-order valence-corrected chi connectivity index (χ2v) is 6.73. The van der Waals surface area contributed by atoms with E-state index in [1.807, 2.05) is 0 Å². The topological polar surface area (TPSA) is 76.6 Å². The standard InChI is InChI=1S/C18H19ClN4O3/c19-13-1-3-14(4-2-13)21-16(24)15-5-8-20-17(22-15)23-9-6-18(7-10-23)25-11-12-26-18/h1-5,8H,6-7,9-12H2,(H,21,24). The molecule has 1 spiro atoms. The fraction of sp³-hybridized carbons (Fsp3) is 0.389. The molecule has 3 heterocycles. The number of carbonyl (C=O) groups is 1. The van der Waals surface area contributed by atoms with Crippen LogP contribution in [-0.4, -0.2) is 48.0 Å². The largest absolute Gasteiger partial charge is 0.347 e. The number of piperidine rings is 1. The van der Waals surface area contributed by atoms with Crippen molar-refractivity contribution >= 4 is 29.1 Å². The van der Waals surface area contributed by atoms with Crippen molar-refractivity contribution in [2.45, 2.75) is 18.6 Å². The van der Waals surface area contributed by atoms with Crippen LogP contribution in [0.25, 0.3) is 0 Å². The summed E-state index contributed by atoms with van der Waals surface area (Å²) >= 11 is 5.86. The second kappa shape index (κ2) is 7.19. The van der Waals surface area contributed by atoms with Gasteiger partial charge in [-0.3, -0.25) is 4.79 Å². The number of anilines is 2. The van der Waals surface area contributed by atoms with Crippen molar-refractivity contribution < 1.29 is 14.3 Å². The van der Waals surface area contributed by atoms with Crippen molar-refractivity contribution in [2.24, 2.45) is 0 Å². The highest BCUT2D eigenvalue weighted by Gasteiger charge is 2.40. The van der Waals surface area contributed by atoms with Gasteiger partial charge in [-0.15, -0.1) is 0 Å². The highest BCUT2D eigenvalue weighted by molar-refractivity contribution is 6.30. The Bertz CT molecular complexity index is 783. The third-order valence-corrected chi connectivity index (χ3v) is 4.85. The molecule has 7 nitrogen and oxygen atoms in total. The van der Waals surface area contributed by atoms with Gasteiger partial charge in [0.25, 0.3) is 5.91 Å². The quantitative estimate of drug-likeness (QED) is 0.890. The lowest BCUT2D eigenvalue weighted by Crippen LogP contribution is -2.45. The second-order valence-electron chi connectivity index (χ2n) is 6.30. The van der Waals surface area contributed by atoms with Gasteiger partial charge < -0.3 is 19.7 Å². The fourth-order valence-corrected chi connectivity index (χ4v) is 3.31. The molecule has 4 rings (SSSR count). The van der Waals surface area contributed by atoms with Crippen LogP contribution in [0.2, 0.25) is 5.02 Å². The first-order chi connectivity index (χ1) is 12.6. The SMILES string of the molecule is O=C(Nc1ccc(Cl)cc1)c1ccnc(N2CCC3(CC2)OCCO3)n1. The molecule has 8 heteroatoms. The van der Waals surface area contributed by atoms with Crippen LogP contribution in [0.1, 0.15) is 23.3 Å². The number of halogens is 1. The van der Waals surface area contributed by atoms with E-state index in [2.05, 4.69) is 20.2 Å². The number of nitrogens with one attached hydrogen (secondary N) is 1. The van der Waals surface area contributed by atoms with E-state index in [0.717, 1.165) is 25.9 Å². The van der Waals surface area contributed by atoms with E-state index in [0.29, 0.717) is 35.6 Å². The third-order valence-electron chi connectivity index (χ3n) is 4.60. The monoisotopic (exact) mass is 374 g/mol. The summed E-state index contributed by atoms with van der Waals surface area (Å²) in [6.07, 6.45) is 3.13. The van der Waals surface area contributed by atoms with E-state index in [4.69, 9.17) is 21.1 Å². The predicted octanol–water partition coefficient (Wildman–Crippen LogP) is 2.73. The van der Waals surface area contributed by atoms with Crippen molar-refractivity contribution in [2.75, 3.05) is 36.5 Å². The summed E-state index contributed by atoms with van der Waals surface area (Å²) in [5.41, 5.74) is 0.980. The maximum Gasteiger partial charge on any atom is 0.274 e. The Hall–Kier alpha value is -2.22. The van der Waals surface area contributed by atoms with E-state index in [-0.39, 0.29) is 5.91 Å². The molecule has 2 aliphatic rings. The van der Waals surface area contributed by atoms with Gasteiger partial charge >= 0.3 is 0 Å². The normalized spacial score (nSPS) is 18.9. The highest BCUT2D eigenvalue weighted by Crippen LogP contribution is 2.32. The zero-order chi connectivity index (χ0) is 18.0. The Kier molecular flexibility index (Phi) is 4.76. The highest BCUT2D eigenvalue weighted by atomic mass is 35.5. The summed E-state index contributed by atoms with van der Waals surface area (Å²) in [5, 5.41) is 3.42. The Morgan fingerprint density at radius 3 is 2.50 bits per heavy atom. The van der Waals surface area contributed by atoms with Crippen LogP contribution < -0.4 is 10.2 Å². The van der Waals surface area contributed by atoms with Gasteiger partial charge in [-0.2, -0.15) is 0 Å². The molecule has 2 aromatic rings. The lowest BCUT2D eigenvalue weighted by Gasteiger charge is -2.37. The number of hydrogen-bond acceptors (Lipinski definition) is 6. The Labute approximate surface area is 156 Å². The minimum atomic E-state index is -0.444. The van der Waals surface area contributed by atoms with Crippen molar-refractivity contribution in [3.8, 4) is 0 Å². The smallest absolute Gasteiger partial charge is 0.274 e. The van der Waals surface area contributed by atoms with Crippen molar-refractivity contribution in [3.63, 3.8) is 0 Å². The molecule has 0 aliphatic carbocycles. The summed E-state index contributed by atoms with van der Waals surface area (Å²) in [5.74, 6) is -0.186. The van der Waals surface area contributed by atoms with E-state index in [9.17, 15) is 4.79 Å². The average molecular weight is 375 g/mol. The van der Waals surface area contributed by atoms with Crippen LogP contribution in [0.3, 0.4) is 0 Å². The first kappa shape index (κ1) is 17.2. The predicted molar refractivity (Wildman–Crippen MR) is 97.5 cm³/mol. The maximum atomic E-state index is 12.4. The lowest BCUT2D eigenvalue weighted by atomic mass is 10.0. The van der Waals surface area contributed by atoms with E-state index in [1.165, 1.54) is 0 Å². The van der Waals surface area contributed by atoms with E-state index >= 15 is 0 Å². The Balaban J connectivity index is 1.43. The summed E-state index contributed by atoms with van der Waals surface area (Å²) in [6, 6.07) is 8.53. The van der Waals surface area contributed by atoms with Gasteiger partial charge in [0.2, 0.25) is 5.95 Å². The molecule has 2 saturated heterocycles. The lowest BCUT2D eigenvalue weighted by molar-refractivity contribution is -0.169. The molecule has 136 valence electrons. The molecule has 0 atom stereocenters. The number of amides is 1. The number of benzene rings is 1. The fourth-order valence-electron chi connectivity index (χ4n) is 3.19. The molecule has 0 saturated carbocycles. The van der Waals surface area contributed by atoms with Crippen LogP contribution in [0.4, 0.5) is 11.6 Å². The summed E-state index contributed by atoms with van der Waals surface area (Å²) in [6.45, 7) is 2.75. The van der Waals surface area contributed by atoms with Crippen molar-refractivity contribution in [1.29, 1.82) is 0 Å². The van der Waals surface area contributed by atoms with E-state index < -0.39 is 5.79 Å². The molecule has 2 fully saturated rings. The summed E-state index contributed by atoms with van der Waals surface area (Å²) < 4.78 is 11.5. The van der Waals surface area contributed by atoms with Gasteiger partial charge in [0.15, 0.2) is 5.79 Å². The molecular weight excluding hydrogens is 356 g/mol. The molecule has 1 aromatic carbocycles. The van der Waals surface area contributed by atoms with Crippen LogP contribution in [-0.2, 0) is 9.47 Å². The summed E-state index contributed by atoms with van der Waals surface area (Å²) in [4.78, 5) is 23.2. The van der Waals surface area contributed by atoms with Gasteiger partial charge in [-0.05, 0) is 30.3 Å². The average Bonchev–Trinajstić information content (AvgIpc) is 3.12. The molecule has 1 N–H and O–H groups in total. The van der Waals surface area contributed by atoms with Gasteiger partial charge in [0, 0.05) is 42.8 Å². The molecular formula is C18H19ClN4O3. The zero-order valence-electron chi connectivity index (χ0n) is 14.2. The molecule has 0 radical (unpaired) electrons. The minimum absolute atomic E-state index is 0.285. The zero-order valence-corrected chi connectivity index (χ0v) is 14.9. The number of aromatic nitrogens is 2. The number of rotatable bonds is 3. The minimum Gasteiger partial charge on any atom is -0.347 e. The van der Waals surface area contributed by atoms with E-state index in [1.54, 1.807) is 36.5 Å². The molecule has 1 aromatic heterocycles.